The van der Waals surface area contributed by atoms with E-state index in [1.54, 1.807) is 0 Å². The molecule has 0 radical (unpaired) electrons. The fraction of sp³-hybridized carbons (Fsp3) is 0.839. The van der Waals surface area contributed by atoms with E-state index < -0.39 is 36.6 Å². The Bertz CT molecular complexity index is 923. The molecule has 0 spiro atoms. The Balaban J connectivity index is 1.23. The van der Waals surface area contributed by atoms with Crippen molar-refractivity contribution in [2.45, 2.75) is 95.5 Å². The highest BCUT2D eigenvalue weighted by Gasteiger charge is 2.27. The molecular weight excluding hydrogens is 632 g/mol. The number of hydrogen-bond acceptors (Lipinski definition) is 11. The van der Waals surface area contributed by atoms with Crippen LogP contribution in [-0.2, 0) is 28.4 Å². The Kier molecular flexibility index (Phi) is 19.2. The second-order valence-corrected chi connectivity index (χ2v) is 11.9. The first-order chi connectivity index (χ1) is 23.4. The number of carbonyl (C=O) groups excluding carboxylic acids is 5. The van der Waals surface area contributed by atoms with Crippen molar-refractivity contribution in [3.05, 3.63) is 0 Å². The number of amides is 7. The third-order valence-electron chi connectivity index (χ3n) is 7.51. The lowest BCUT2D eigenvalue weighted by Crippen LogP contribution is -2.49. The lowest BCUT2D eigenvalue weighted by Gasteiger charge is -2.22. The quantitative estimate of drug-likeness (QED) is 0.0507. The minimum absolute atomic E-state index is 0.0407. The van der Waals surface area contributed by atoms with E-state index in [0.717, 1.165) is 70.6 Å². The summed E-state index contributed by atoms with van der Waals surface area (Å²) in [4.78, 5) is 61.8. The fourth-order valence-corrected chi connectivity index (χ4v) is 4.44. The van der Waals surface area contributed by atoms with Crippen molar-refractivity contribution >= 4 is 30.3 Å². The molecule has 0 aromatic carbocycles. The van der Waals surface area contributed by atoms with Gasteiger partial charge in [-0.1, -0.05) is 38.5 Å². The van der Waals surface area contributed by atoms with E-state index in [2.05, 4.69) is 26.6 Å². The topological polar surface area (TPSA) is 214 Å². The summed E-state index contributed by atoms with van der Waals surface area (Å²) >= 11 is 0. The van der Waals surface area contributed by atoms with Crippen molar-refractivity contribution in [2.75, 3.05) is 72.3 Å². The summed E-state index contributed by atoms with van der Waals surface area (Å²) in [5, 5.41) is 13.8. The van der Waals surface area contributed by atoms with Gasteiger partial charge in [-0.2, -0.15) is 0 Å². The van der Waals surface area contributed by atoms with Crippen LogP contribution in [-0.4, -0.2) is 126 Å². The summed E-state index contributed by atoms with van der Waals surface area (Å²) < 4.78 is 29.8. The smallest absolute Gasteiger partial charge is 0.409 e. The van der Waals surface area contributed by atoms with Crippen LogP contribution in [0.25, 0.3) is 0 Å². The number of imide groups is 1. The summed E-state index contributed by atoms with van der Waals surface area (Å²) in [5.74, 6) is 0. The van der Waals surface area contributed by atoms with E-state index in [1.165, 1.54) is 4.90 Å². The number of ether oxygens (including phenoxy) is 6. The van der Waals surface area contributed by atoms with Crippen LogP contribution in [0, 0.1) is 0 Å². The highest BCUT2D eigenvalue weighted by atomic mass is 16.8. The summed E-state index contributed by atoms with van der Waals surface area (Å²) in [6.07, 6.45) is 7.82. The predicted octanol–water partition coefficient (Wildman–Crippen LogP) is 2.72. The first-order valence-electron chi connectivity index (χ1n) is 17.3. The van der Waals surface area contributed by atoms with E-state index in [9.17, 15) is 24.0 Å². The number of nitrogens with one attached hydrogen (secondary N) is 5. The van der Waals surface area contributed by atoms with Crippen molar-refractivity contribution in [1.29, 1.82) is 0 Å². The molecule has 0 aromatic heterocycles. The second-order valence-electron chi connectivity index (χ2n) is 11.9. The van der Waals surface area contributed by atoms with Crippen molar-refractivity contribution in [3.63, 3.8) is 0 Å². The molecule has 3 aliphatic heterocycles. The van der Waals surface area contributed by atoms with Gasteiger partial charge in [-0.05, 0) is 38.5 Å². The Labute approximate surface area is 282 Å². The van der Waals surface area contributed by atoms with Gasteiger partial charge in [0.25, 0.3) is 0 Å². The molecule has 5 N–H and O–H groups in total. The molecule has 3 unspecified atom stereocenters. The molecule has 0 aromatic rings. The highest BCUT2D eigenvalue weighted by Crippen LogP contribution is 2.11. The number of carbonyl (C=O) groups is 5. The molecule has 0 saturated carbocycles. The molecule has 3 fully saturated rings. The summed E-state index contributed by atoms with van der Waals surface area (Å²) in [6.45, 7) is 4.93. The van der Waals surface area contributed by atoms with Gasteiger partial charge in [0.15, 0.2) is 0 Å². The monoisotopic (exact) mass is 686 g/mol. The first-order valence-corrected chi connectivity index (χ1v) is 17.3. The number of urea groups is 2. The average Bonchev–Trinajstić information content (AvgIpc) is 3.90. The molecule has 3 atom stereocenters. The molecule has 48 heavy (non-hydrogen) atoms. The fourth-order valence-electron chi connectivity index (χ4n) is 4.44. The summed E-state index contributed by atoms with van der Waals surface area (Å²) in [5.41, 5.74) is 0. The minimum Gasteiger partial charge on any atom is -0.447 e. The number of hydrogen-bond donors (Lipinski definition) is 5. The Morgan fingerprint density at radius 3 is 1.27 bits per heavy atom. The molecule has 0 aliphatic carbocycles. The Hall–Kier alpha value is -3.57. The van der Waals surface area contributed by atoms with Gasteiger partial charge in [0.2, 0.25) is 6.29 Å². The molecule has 17 heteroatoms. The standard InChI is InChI=1S/C31H54N6O11/c38-27(32-13-7-1-3-9-15-34-29(40)46-21-24-19-43-24)37(18-12-6-5-11-17-36-31(42)48-26-23-45-26)28(39)33-14-8-2-4-10-16-35-30(41)47-22-25-20-44-25/h24-26H,1-23H2,(H,32,38)(H,33,39)(H,34,40)(H,35,41)(H,36,42). The molecule has 7 amide bonds. The van der Waals surface area contributed by atoms with Crippen molar-refractivity contribution in [3.8, 4) is 0 Å². The number of rotatable bonds is 26. The zero-order valence-electron chi connectivity index (χ0n) is 27.9. The Morgan fingerprint density at radius 2 is 0.875 bits per heavy atom. The lowest BCUT2D eigenvalue weighted by molar-refractivity contribution is 0.0923. The molecule has 0 bridgehead atoms. The molecule has 3 heterocycles. The van der Waals surface area contributed by atoms with Gasteiger partial charge in [-0.25, -0.2) is 28.9 Å². The van der Waals surface area contributed by atoms with Crippen LogP contribution >= 0.6 is 0 Å². The lowest BCUT2D eigenvalue weighted by atomic mass is 10.2. The maximum Gasteiger partial charge on any atom is 0.409 e. The predicted molar refractivity (Wildman–Crippen MR) is 171 cm³/mol. The van der Waals surface area contributed by atoms with Gasteiger partial charge in [0.05, 0.1) is 13.2 Å². The van der Waals surface area contributed by atoms with Gasteiger partial charge in [-0.15, -0.1) is 0 Å². The van der Waals surface area contributed by atoms with Gasteiger partial charge >= 0.3 is 30.3 Å². The summed E-state index contributed by atoms with van der Waals surface area (Å²) in [7, 11) is 0. The second kappa shape index (κ2) is 23.7. The normalized spacial score (nSPS) is 18.5. The van der Waals surface area contributed by atoms with E-state index in [0.29, 0.717) is 59.0 Å². The van der Waals surface area contributed by atoms with Gasteiger partial charge < -0.3 is 55.0 Å². The SMILES string of the molecule is O=C(NCCCCCCNC(=O)N(CCCCCCNC(=O)OC1CO1)C(=O)NCCCCCCNC(=O)OCC1CO1)OCC1CO1. The third-order valence-corrected chi connectivity index (χ3v) is 7.51. The molecule has 3 saturated heterocycles. The van der Waals surface area contributed by atoms with Crippen LogP contribution < -0.4 is 26.6 Å². The highest BCUT2D eigenvalue weighted by molar-refractivity contribution is 5.93. The van der Waals surface area contributed by atoms with Gasteiger partial charge in [0, 0.05) is 39.3 Å². The zero-order chi connectivity index (χ0) is 34.2. The molecular formula is C31H54N6O11. The minimum atomic E-state index is -0.495. The zero-order valence-corrected chi connectivity index (χ0v) is 27.9. The van der Waals surface area contributed by atoms with Crippen molar-refractivity contribution < 1.29 is 52.4 Å². The number of nitrogens with zero attached hydrogens (tertiary/aromatic N) is 1. The first kappa shape index (κ1) is 38.9. The van der Waals surface area contributed by atoms with Crippen LogP contribution in [0.3, 0.4) is 0 Å². The van der Waals surface area contributed by atoms with Gasteiger partial charge in [-0.3, -0.25) is 0 Å². The molecule has 3 rings (SSSR count). The average molecular weight is 687 g/mol. The van der Waals surface area contributed by atoms with Crippen LogP contribution in [0.1, 0.15) is 77.0 Å². The van der Waals surface area contributed by atoms with Crippen LogP contribution in [0.15, 0.2) is 0 Å². The van der Waals surface area contributed by atoms with E-state index >= 15 is 0 Å². The maximum absolute atomic E-state index is 13.0. The van der Waals surface area contributed by atoms with E-state index in [1.807, 2.05) is 0 Å². The molecule has 274 valence electrons. The number of epoxide rings is 3. The molecule has 17 nitrogen and oxygen atoms in total. The third kappa shape index (κ3) is 20.6. The van der Waals surface area contributed by atoms with Gasteiger partial charge in [0.1, 0.15) is 32.0 Å². The maximum atomic E-state index is 13.0. The van der Waals surface area contributed by atoms with Crippen LogP contribution in [0.2, 0.25) is 0 Å². The largest absolute Gasteiger partial charge is 0.447 e. The Morgan fingerprint density at radius 1 is 0.500 bits per heavy atom. The summed E-state index contributed by atoms with van der Waals surface area (Å²) in [6, 6.07) is -0.871. The van der Waals surface area contributed by atoms with E-state index in [-0.39, 0.29) is 32.0 Å². The molecule has 3 aliphatic rings. The number of alkyl carbamates (subject to hydrolysis) is 3. The van der Waals surface area contributed by atoms with Crippen molar-refractivity contribution in [1.82, 2.24) is 31.5 Å². The number of unbranched alkanes of at least 4 members (excludes halogenated alkanes) is 9. The van der Waals surface area contributed by atoms with Crippen LogP contribution in [0.5, 0.6) is 0 Å². The van der Waals surface area contributed by atoms with Crippen molar-refractivity contribution in [2.24, 2.45) is 0 Å². The van der Waals surface area contributed by atoms with E-state index in [4.69, 9.17) is 28.4 Å². The van der Waals surface area contributed by atoms with Crippen LogP contribution in [0.4, 0.5) is 24.0 Å².